The van der Waals surface area contributed by atoms with Crippen molar-refractivity contribution in [2.24, 2.45) is 17.8 Å². The maximum atomic E-state index is 4.65. The average molecular weight is 172 g/mol. The normalized spacial score (nSPS) is 39.5. The lowest BCUT2D eigenvalue weighted by atomic mass is 9.77. The summed E-state index contributed by atoms with van der Waals surface area (Å²) in [5.74, 6) is 2.60. The molecule has 3 atom stereocenters. The minimum atomic E-state index is 0.666. The molecule has 1 aliphatic carbocycles. The molecular weight excluding hydrogens is 152 g/mol. The monoisotopic (exact) mass is 172 g/mol. The zero-order chi connectivity index (χ0) is 8.43. The van der Waals surface area contributed by atoms with Crippen LogP contribution in [0.15, 0.2) is 0 Å². The van der Waals surface area contributed by atoms with Gasteiger partial charge in [0.2, 0.25) is 0 Å². The van der Waals surface area contributed by atoms with Crippen LogP contribution in [-0.2, 0) is 0 Å². The van der Waals surface area contributed by atoms with Crippen molar-refractivity contribution < 1.29 is 0 Å². The van der Waals surface area contributed by atoms with E-state index >= 15 is 0 Å². The van der Waals surface area contributed by atoms with Gasteiger partial charge in [0.05, 0.1) is 0 Å². The van der Waals surface area contributed by atoms with E-state index in [4.69, 9.17) is 0 Å². The minimum Gasteiger partial charge on any atom is -0.176 e. The van der Waals surface area contributed by atoms with Crippen LogP contribution in [0.1, 0.15) is 40.0 Å². The molecule has 0 aromatic carbocycles. The Morgan fingerprint density at radius 2 is 1.91 bits per heavy atom. The van der Waals surface area contributed by atoms with Crippen molar-refractivity contribution in [2.45, 2.75) is 45.3 Å². The van der Waals surface area contributed by atoms with E-state index in [1.807, 2.05) is 0 Å². The van der Waals surface area contributed by atoms with Gasteiger partial charge in [-0.05, 0) is 30.6 Å². The predicted octanol–water partition coefficient (Wildman–Crippen LogP) is 3.38. The summed E-state index contributed by atoms with van der Waals surface area (Å²) in [5.41, 5.74) is 0. The highest BCUT2D eigenvalue weighted by molar-refractivity contribution is 7.81. The number of thiol groups is 1. The third-order valence-electron chi connectivity index (χ3n) is 2.99. The summed E-state index contributed by atoms with van der Waals surface area (Å²) in [6.07, 6.45) is 4.14. The van der Waals surface area contributed by atoms with Crippen molar-refractivity contribution in [1.29, 1.82) is 0 Å². The fraction of sp³-hybridized carbons (Fsp3) is 1.00. The molecule has 1 fully saturated rings. The zero-order valence-corrected chi connectivity index (χ0v) is 8.77. The summed E-state index contributed by atoms with van der Waals surface area (Å²) in [6.45, 7) is 6.99. The number of rotatable bonds is 1. The SMILES string of the molecule is CC1CC[C@@H](C(C)C)C(S)C1. The first-order valence-electron chi connectivity index (χ1n) is 4.79. The summed E-state index contributed by atoms with van der Waals surface area (Å²) in [7, 11) is 0. The Morgan fingerprint density at radius 3 is 2.36 bits per heavy atom. The molecule has 0 bridgehead atoms. The summed E-state index contributed by atoms with van der Waals surface area (Å²) in [4.78, 5) is 0. The van der Waals surface area contributed by atoms with Crippen LogP contribution in [0.3, 0.4) is 0 Å². The fourth-order valence-electron chi connectivity index (χ4n) is 2.15. The van der Waals surface area contributed by atoms with E-state index in [1.54, 1.807) is 0 Å². The molecular formula is C10H20S. The largest absolute Gasteiger partial charge is 0.176 e. The molecule has 0 radical (unpaired) electrons. The molecule has 0 saturated heterocycles. The molecule has 0 nitrogen and oxygen atoms in total. The van der Waals surface area contributed by atoms with Crippen molar-refractivity contribution in [3.63, 3.8) is 0 Å². The lowest BCUT2D eigenvalue weighted by Gasteiger charge is -2.34. The Bertz CT molecular complexity index is 120. The van der Waals surface area contributed by atoms with E-state index in [1.165, 1.54) is 19.3 Å². The van der Waals surface area contributed by atoms with Crippen LogP contribution in [0.25, 0.3) is 0 Å². The number of hydrogen-bond donors (Lipinski definition) is 1. The molecule has 0 N–H and O–H groups in total. The molecule has 1 saturated carbocycles. The predicted molar refractivity (Wildman–Crippen MR) is 54.1 cm³/mol. The molecule has 1 aliphatic rings. The highest BCUT2D eigenvalue weighted by atomic mass is 32.1. The van der Waals surface area contributed by atoms with Crippen molar-refractivity contribution in [3.05, 3.63) is 0 Å². The van der Waals surface area contributed by atoms with Gasteiger partial charge in [0.1, 0.15) is 0 Å². The molecule has 66 valence electrons. The Balaban J connectivity index is 2.44. The lowest BCUT2D eigenvalue weighted by molar-refractivity contribution is 0.245. The van der Waals surface area contributed by atoms with Crippen LogP contribution in [0.4, 0.5) is 0 Å². The summed E-state index contributed by atoms with van der Waals surface area (Å²) in [5, 5.41) is 0.666. The molecule has 1 heteroatoms. The van der Waals surface area contributed by atoms with Gasteiger partial charge in [-0.15, -0.1) is 0 Å². The maximum Gasteiger partial charge on any atom is 0.00500 e. The second-order valence-corrected chi connectivity index (χ2v) is 5.06. The topological polar surface area (TPSA) is 0 Å². The molecule has 0 aromatic rings. The minimum absolute atomic E-state index is 0.666. The van der Waals surface area contributed by atoms with Crippen molar-refractivity contribution >= 4 is 12.6 Å². The van der Waals surface area contributed by atoms with Gasteiger partial charge in [0, 0.05) is 5.25 Å². The summed E-state index contributed by atoms with van der Waals surface area (Å²) < 4.78 is 0. The first kappa shape index (κ1) is 9.44. The van der Waals surface area contributed by atoms with Gasteiger partial charge in [-0.1, -0.05) is 27.2 Å². The molecule has 11 heavy (non-hydrogen) atoms. The Labute approximate surface area is 76.2 Å². The Hall–Kier alpha value is 0.350. The Kier molecular flexibility index (Phi) is 3.29. The standard InChI is InChI=1S/C10H20S/c1-7(2)9-5-4-8(3)6-10(9)11/h7-11H,4-6H2,1-3H3/t8?,9-,10?/m0/s1. The quantitative estimate of drug-likeness (QED) is 0.576. The molecule has 0 spiro atoms. The van der Waals surface area contributed by atoms with Gasteiger partial charge < -0.3 is 0 Å². The molecule has 2 unspecified atom stereocenters. The molecule has 0 heterocycles. The van der Waals surface area contributed by atoms with E-state index < -0.39 is 0 Å². The van der Waals surface area contributed by atoms with Crippen LogP contribution < -0.4 is 0 Å². The van der Waals surface area contributed by atoms with E-state index in [2.05, 4.69) is 33.4 Å². The fourth-order valence-corrected chi connectivity index (χ4v) is 3.01. The second kappa shape index (κ2) is 3.84. The highest BCUT2D eigenvalue weighted by Gasteiger charge is 2.27. The average Bonchev–Trinajstić information content (AvgIpc) is 1.85. The van der Waals surface area contributed by atoms with Crippen molar-refractivity contribution in [1.82, 2.24) is 0 Å². The van der Waals surface area contributed by atoms with Crippen LogP contribution in [0, 0.1) is 17.8 Å². The van der Waals surface area contributed by atoms with E-state index in [0.29, 0.717) is 5.25 Å². The second-order valence-electron chi connectivity index (χ2n) is 4.39. The van der Waals surface area contributed by atoms with Gasteiger partial charge in [-0.3, -0.25) is 0 Å². The number of hydrogen-bond acceptors (Lipinski definition) is 1. The lowest BCUT2D eigenvalue weighted by Crippen LogP contribution is -2.27. The third-order valence-corrected chi connectivity index (χ3v) is 3.58. The first-order chi connectivity index (χ1) is 5.11. The first-order valence-corrected chi connectivity index (χ1v) is 5.31. The summed E-state index contributed by atoms with van der Waals surface area (Å²) in [6, 6.07) is 0. The van der Waals surface area contributed by atoms with Crippen LogP contribution >= 0.6 is 12.6 Å². The molecule has 0 amide bonds. The van der Waals surface area contributed by atoms with Gasteiger partial charge in [-0.25, -0.2) is 0 Å². The van der Waals surface area contributed by atoms with E-state index in [0.717, 1.165) is 17.8 Å². The maximum absolute atomic E-state index is 4.65. The van der Waals surface area contributed by atoms with Crippen molar-refractivity contribution in [3.8, 4) is 0 Å². The van der Waals surface area contributed by atoms with Gasteiger partial charge in [0.25, 0.3) is 0 Å². The van der Waals surface area contributed by atoms with Gasteiger partial charge in [0.15, 0.2) is 0 Å². The van der Waals surface area contributed by atoms with Gasteiger partial charge >= 0.3 is 0 Å². The highest BCUT2D eigenvalue weighted by Crippen LogP contribution is 2.36. The Morgan fingerprint density at radius 1 is 1.27 bits per heavy atom. The van der Waals surface area contributed by atoms with Crippen molar-refractivity contribution in [2.75, 3.05) is 0 Å². The third kappa shape index (κ3) is 2.40. The summed E-state index contributed by atoms with van der Waals surface area (Å²) >= 11 is 4.65. The molecule has 0 aliphatic heterocycles. The van der Waals surface area contributed by atoms with Crippen LogP contribution in [0.2, 0.25) is 0 Å². The van der Waals surface area contributed by atoms with E-state index in [-0.39, 0.29) is 0 Å². The van der Waals surface area contributed by atoms with Crippen LogP contribution in [-0.4, -0.2) is 5.25 Å². The van der Waals surface area contributed by atoms with E-state index in [9.17, 15) is 0 Å². The molecule has 0 aromatic heterocycles. The van der Waals surface area contributed by atoms with Crippen LogP contribution in [0.5, 0.6) is 0 Å². The zero-order valence-electron chi connectivity index (χ0n) is 7.88. The smallest absolute Gasteiger partial charge is 0.00500 e. The van der Waals surface area contributed by atoms with Gasteiger partial charge in [-0.2, -0.15) is 12.6 Å². The molecule has 1 rings (SSSR count).